The number of hydrogen-bond donors (Lipinski definition) is 2. The number of hydrogen-bond acceptors (Lipinski definition) is 4. The molecule has 2 aliphatic rings. The van der Waals surface area contributed by atoms with Crippen molar-refractivity contribution in [3.05, 3.63) is 17.0 Å². The zero-order chi connectivity index (χ0) is 12.8. The van der Waals surface area contributed by atoms with Crippen molar-refractivity contribution in [1.82, 2.24) is 4.72 Å². The molecule has 0 atom stereocenters. The van der Waals surface area contributed by atoms with Crippen LogP contribution in [0.1, 0.15) is 30.6 Å². The van der Waals surface area contributed by atoms with Crippen LogP contribution in [0.25, 0.3) is 0 Å². The average Bonchev–Trinajstić information content (AvgIpc) is 3.24. The fourth-order valence-electron chi connectivity index (χ4n) is 2.34. The molecule has 0 aromatic carbocycles. The predicted molar refractivity (Wildman–Crippen MR) is 71.8 cm³/mol. The van der Waals surface area contributed by atoms with Gasteiger partial charge in [0.1, 0.15) is 4.21 Å². The Morgan fingerprint density at radius 3 is 2.33 bits per heavy atom. The normalized spacial score (nSPS) is 20.6. The molecule has 0 radical (unpaired) electrons. The summed E-state index contributed by atoms with van der Waals surface area (Å²) in [6.07, 6.45) is 4.68. The molecule has 0 aliphatic heterocycles. The largest absolute Gasteiger partial charge is 0.326 e. The molecule has 1 heterocycles. The Morgan fingerprint density at radius 2 is 1.89 bits per heavy atom. The van der Waals surface area contributed by atoms with Gasteiger partial charge in [-0.25, -0.2) is 13.1 Å². The average molecular weight is 286 g/mol. The first-order chi connectivity index (χ1) is 8.60. The van der Waals surface area contributed by atoms with Gasteiger partial charge < -0.3 is 5.73 Å². The van der Waals surface area contributed by atoms with E-state index in [1.54, 1.807) is 12.1 Å². The minimum atomic E-state index is -3.35. The third kappa shape index (κ3) is 2.61. The SMILES string of the molecule is NCc1ccc(S(=O)(=O)NC(C2CC2)C2CC2)s1. The zero-order valence-corrected chi connectivity index (χ0v) is 11.8. The third-order valence-corrected chi connectivity index (χ3v) is 6.71. The van der Waals surface area contributed by atoms with E-state index in [9.17, 15) is 8.42 Å². The second-order valence-corrected chi connectivity index (χ2v) is 8.36. The van der Waals surface area contributed by atoms with Crippen LogP contribution in [-0.2, 0) is 16.6 Å². The van der Waals surface area contributed by atoms with Gasteiger partial charge in [-0.05, 0) is 49.7 Å². The summed E-state index contributed by atoms with van der Waals surface area (Å²) in [5, 5.41) is 0. The van der Waals surface area contributed by atoms with Gasteiger partial charge >= 0.3 is 0 Å². The van der Waals surface area contributed by atoms with E-state index in [2.05, 4.69) is 4.72 Å². The molecule has 0 amide bonds. The molecule has 0 unspecified atom stereocenters. The molecule has 3 N–H and O–H groups in total. The summed E-state index contributed by atoms with van der Waals surface area (Å²) < 4.78 is 27.9. The van der Waals surface area contributed by atoms with Gasteiger partial charge in [0, 0.05) is 17.5 Å². The summed E-state index contributed by atoms with van der Waals surface area (Å²) in [6.45, 7) is 0.398. The summed E-state index contributed by atoms with van der Waals surface area (Å²) in [5.74, 6) is 1.14. The monoisotopic (exact) mass is 286 g/mol. The van der Waals surface area contributed by atoms with Gasteiger partial charge in [0.15, 0.2) is 0 Å². The van der Waals surface area contributed by atoms with Gasteiger partial charge in [-0.15, -0.1) is 11.3 Å². The van der Waals surface area contributed by atoms with E-state index in [4.69, 9.17) is 5.73 Å². The summed E-state index contributed by atoms with van der Waals surface area (Å²) in [6, 6.07) is 3.62. The van der Waals surface area contributed by atoms with Crippen LogP contribution in [0.15, 0.2) is 16.3 Å². The standard InChI is InChI=1S/C12H18N2O2S2/c13-7-10-5-6-11(17-10)18(15,16)14-12(8-1-2-8)9-3-4-9/h5-6,8-9,12,14H,1-4,7,13H2. The van der Waals surface area contributed by atoms with Crippen LogP contribution in [0.4, 0.5) is 0 Å². The molecule has 2 saturated carbocycles. The van der Waals surface area contributed by atoms with E-state index in [1.165, 1.54) is 37.0 Å². The molecular weight excluding hydrogens is 268 g/mol. The van der Waals surface area contributed by atoms with Gasteiger partial charge in [-0.1, -0.05) is 0 Å². The lowest BCUT2D eigenvalue weighted by atomic mass is 10.1. The molecule has 6 heteroatoms. The highest BCUT2D eigenvalue weighted by Gasteiger charge is 2.43. The molecule has 100 valence electrons. The Bertz CT molecular complexity index is 518. The van der Waals surface area contributed by atoms with Crippen molar-refractivity contribution in [2.75, 3.05) is 0 Å². The Kier molecular flexibility index (Phi) is 3.21. The lowest BCUT2D eigenvalue weighted by Gasteiger charge is -2.16. The van der Waals surface area contributed by atoms with Crippen molar-refractivity contribution in [2.45, 2.75) is 42.5 Å². The number of rotatable bonds is 6. The molecule has 2 fully saturated rings. The minimum Gasteiger partial charge on any atom is -0.326 e. The summed E-state index contributed by atoms with van der Waals surface area (Å²) in [4.78, 5) is 0.907. The topological polar surface area (TPSA) is 72.2 Å². The number of nitrogens with two attached hydrogens (primary N) is 1. The van der Waals surface area contributed by atoms with Crippen molar-refractivity contribution in [3.63, 3.8) is 0 Å². The van der Waals surface area contributed by atoms with Crippen molar-refractivity contribution in [2.24, 2.45) is 17.6 Å². The van der Waals surface area contributed by atoms with Gasteiger partial charge in [0.05, 0.1) is 0 Å². The molecule has 4 nitrogen and oxygen atoms in total. The van der Waals surface area contributed by atoms with E-state index in [1.807, 2.05) is 0 Å². The lowest BCUT2D eigenvalue weighted by molar-refractivity contribution is 0.472. The van der Waals surface area contributed by atoms with Crippen molar-refractivity contribution in [3.8, 4) is 0 Å². The van der Waals surface area contributed by atoms with Crippen molar-refractivity contribution in [1.29, 1.82) is 0 Å². The van der Waals surface area contributed by atoms with Crippen LogP contribution in [0.5, 0.6) is 0 Å². The molecule has 18 heavy (non-hydrogen) atoms. The van der Waals surface area contributed by atoms with E-state index in [-0.39, 0.29) is 6.04 Å². The second-order valence-electron chi connectivity index (χ2n) is 5.25. The first-order valence-electron chi connectivity index (χ1n) is 6.41. The highest BCUT2D eigenvalue weighted by atomic mass is 32.2. The molecule has 0 saturated heterocycles. The smallest absolute Gasteiger partial charge is 0.250 e. The highest BCUT2D eigenvalue weighted by Crippen LogP contribution is 2.45. The summed E-state index contributed by atoms with van der Waals surface area (Å²) in [5.41, 5.74) is 5.52. The first kappa shape index (κ1) is 12.6. The van der Waals surface area contributed by atoms with Gasteiger partial charge in [-0.3, -0.25) is 0 Å². The van der Waals surface area contributed by atoms with Crippen LogP contribution >= 0.6 is 11.3 Å². The van der Waals surface area contributed by atoms with Crippen LogP contribution in [0, 0.1) is 11.8 Å². The molecule has 0 spiro atoms. The number of thiophene rings is 1. The van der Waals surface area contributed by atoms with Gasteiger partial charge in [-0.2, -0.15) is 0 Å². The maximum Gasteiger partial charge on any atom is 0.250 e. The number of sulfonamides is 1. The third-order valence-electron chi connectivity index (χ3n) is 3.65. The fourth-order valence-corrected chi connectivity index (χ4v) is 4.96. The summed E-state index contributed by atoms with van der Waals surface area (Å²) in [7, 11) is -3.35. The Labute approximate surface area is 112 Å². The van der Waals surface area contributed by atoms with E-state index in [0.29, 0.717) is 22.6 Å². The molecule has 3 rings (SSSR count). The highest BCUT2D eigenvalue weighted by molar-refractivity contribution is 7.91. The first-order valence-corrected chi connectivity index (χ1v) is 8.71. The Balaban J connectivity index is 1.76. The van der Waals surface area contributed by atoms with Gasteiger partial charge in [0.2, 0.25) is 10.0 Å². The Hall–Kier alpha value is -0.430. The quantitative estimate of drug-likeness (QED) is 0.835. The number of nitrogens with one attached hydrogen (secondary N) is 1. The van der Waals surface area contributed by atoms with E-state index >= 15 is 0 Å². The molecular formula is C12H18N2O2S2. The zero-order valence-electron chi connectivity index (χ0n) is 10.1. The van der Waals surface area contributed by atoms with Crippen LogP contribution in [0.3, 0.4) is 0 Å². The van der Waals surface area contributed by atoms with Crippen LogP contribution in [0.2, 0.25) is 0 Å². The fraction of sp³-hybridized carbons (Fsp3) is 0.667. The molecule has 1 aromatic heterocycles. The maximum absolute atomic E-state index is 12.3. The lowest BCUT2D eigenvalue weighted by Crippen LogP contribution is -2.37. The molecule has 0 bridgehead atoms. The Morgan fingerprint density at radius 1 is 1.28 bits per heavy atom. The van der Waals surface area contributed by atoms with E-state index < -0.39 is 10.0 Å². The summed E-state index contributed by atoms with van der Waals surface area (Å²) >= 11 is 1.27. The minimum absolute atomic E-state index is 0.165. The second kappa shape index (κ2) is 4.59. The van der Waals surface area contributed by atoms with Crippen LogP contribution in [-0.4, -0.2) is 14.5 Å². The van der Waals surface area contributed by atoms with Crippen molar-refractivity contribution >= 4 is 21.4 Å². The molecule has 1 aromatic rings. The van der Waals surface area contributed by atoms with E-state index in [0.717, 1.165) is 4.88 Å². The predicted octanol–water partition coefficient (Wildman–Crippen LogP) is 1.67. The molecule has 2 aliphatic carbocycles. The maximum atomic E-state index is 12.3. The van der Waals surface area contributed by atoms with Gasteiger partial charge in [0.25, 0.3) is 0 Å². The van der Waals surface area contributed by atoms with Crippen molar-refractivity contribution < 1.29 is 8.42 Å². The van der Waals surface area contributed by atoms with Crippen LogP contribution < -0.4 is 10.5 Å².